The first-order valence-electron chi connectivity index (χ1n) is 10.1. The molecular weight excluding hydrogens is 396 g/mol. The van der Waals surface area contributed by atoms with Crippen molar-refractivity contribution in [3.8, 4) is 0 Å². The summed E-state index contributed by atoms with van der Waals surface area (Å²) in [6, 6.07) is 29.9. The monoisotopic (exact) mass is 422 g/mol. The highest BCUT2D eigenvalue weighted by Crippen LogP contribution is 2.33. The Morgan fingerprint density at radius 2 is 1.30 bits per heavy atom. The number of thioether (sulfide) groups is 1. The minimum Gasteiger partial charge on any atom is -0.387 e. The zero-order valence-corrected chi connectivity index (χ0v) is 17.5. The van der Waals surface area contributed by atoms with Gasteiger partial charge in [0.25, 0.3) is 0 Å². The quantitative estimate of drug-likeness (QED) is 0.572. The molecule has 4 nitrogen and oxygen atoms in total. The summed E-state index contributed by atoms with van der Waals surface area (Å²) in [7, 11) is 0. The Balaban J connectivity index is 1.44. The van der Waals surface area contributed by atoms with Crippen molar-refractivity contribution in [3.05, 3.63) is 102 Å². The van der Waals surface area contributed by atoms with Gasteiger partial charge < -0.3 is 19.3 Å². The fourth-order valence-electron chi connectivity index (χ4n) is 3.39. The number of hydrogen-bond acceptors (Lipinski definition) is 5. The summed E-state index contributed by atoms with van der Waals surface area (Å²) in [6.45, 7) is 1.23. The van der Waals surface area contributed by atoms with Crippen LogP contribution in [0.3, 0.4) is 0 Å². The first-order valence-corrected chi connectivity index (χ1v) is 11.0. The molecule has 156 valence electrons. The van der Waals surface area contributed by atoms with Crippen molar-refractivity contribution in [3.63, 3.8) is 0 Å². The maximum Gasteiger partial charge on any atom is 0.136 e. The molecule has 0 spiro atoms. The molecule has 3 aromatic carbocycles. The van der Waals surface area contributed by atoms with E-state index >= 15 is 0 Å². The topological polar surface area (TPSA) is 47.9 Å². The van der Waals surface area contributed by atoms with Gasteiger partial charge in [0.2, 0.25) is 0 Å². The molecule has 0 bridgehead atoms. The fraction of sp³-hybridized carbons (Fsp3) is 0.280. The van der Waals surface area contributed by atoms with E-state index < -0.39 is 17.6 Å². The normalized spacial score (nSPS) is 23.9. The Kier molecular flexibility index (Phi) is 7.56. The first-order chi connectivity index (χ1) is 14.8. The third-order valence-electron chi connectivity index (χ3n) is 4.99. The molecule has 1 aliphatic rings. The lowest BCUT2D eigenvalue weighted by atomic mass is 10.1. The van der Waals surface area contributed by atoms with E-state index in [1.165, 1.54) is 11.8 Å². The van der Waals surface area contributed by atoms with E-state index in [4.69, 9.17) is 14.2 Å². The number of aliphatic hydroxyl groups excluding tert-OH is 1. The Labute approximate surface area is 181 Å². The summed E-state index contributed by atoms with van der Waals surface area (Å²) in [4.78, 5) is 1.05. The van der Waals surface area contributed by atoms with Gasteiger partial charge in [-0.15, -0.1) is 0 Å². The molecule has 5 heteroatoms. The summed E-state index contributed by atoms with van der Waals surface area (Å²) in [5.74, 6) is 0. The Hall–Kier alpha value is -2.15. The standard InChI is InChI=1S/C25H26O4S/c26-23-24(28-17-20-12-6-2-7-13-20)22(27-16-19-10-4-1-5-11-19)18-29-25(23)30-21-14-8-3-9-15-21/h1-15,22-26H,16-18H2/t22-,23?,24+,25-/m0/s1. The second-order valence-electron chi connectivity index (χ2n) is 7.22. The van der Waals surface area contributed by atoms with Crippen molar-refractivity contribution in [1.29, 1.82) is 0 Å². The van der Waals surface area contributed by atoms with Gasteiger partial charge in [0.05, 0.1) is 19.8 Å². The van der Waals surface area contributed by atoms with E-state index in [1.54, 1.807) is 0 Å². The molecule has 0 radical (unpaired) electrons. The predicted molar refractivity (Wildman–Crippen MR) is 118 cm³/mol. The molecule has 30 heavy (non-hydrogen) atoms. The molecule has 1 fully saturated rings. The largest absolute Gasteiger partial charge is 0.387 e. The Morgan fingerprint density at radius 1 is 0.767 bits per heavy atom. The van der Waals surface area contributed by atoms with Crippen LogP contribution in [-0.2, 0) is 27.4 Å². The van der Waals surface area contributed by atoms with Crippen LogP contribution in [0.5, 0.6) is 0 Å². The molecular formula is C25H26O4S. The Bertz CT molecular complexity index is 873. The Morgan fingerprint density at radius 3 is 1.90 bits per heavy atom. The van der Waals surface area contributed by atoms with Gasteiger partial charge in [-0.25, -0.2) is 0 Å². The summed E-state index contributed by atoms with van der Waals surface area (Å²) in [5, 5.41) is 11.1. The van der Waals surface area contributed by atoms with Crippen molar-refractivity contribution < 1.29 is 19.3 Å². The van der Waals surface area contributed by atoms with E-state index in [2.05, 4.69) is 0 Å². The van der Waals surface area contributed by atoms with Crippen molar-refractivity contribution in [2.45, 2.75) is 41.9 Å². The third kappa shape index (κ3) is 5.72. The second kappa shape index (κ2) is 10.8. The molecule has 1 saturated heterocycles. The lowest BCUT2D eigenvalue weighted by Crippen LogP contribution is -2.53. The molecule has 4 atom stereocenters. The van der Waals surface area contributed by atoms with Crippen LogP contribution in [-0.4, -0.2) is 35.5 Å². The maximum atomic E-state index is 11.1. The van der Waals surface area contributed by atoms with Gasteiger partial charge in [0.15, 0.2) is 0 Å². The molecule has 0 saturated carbocycles. The van der Waals surface area contributed by atoms with Gasteiger partial charge in [-0.05, 0) is 23.3 Å². The minimum atomic E-state index is -0.812. The van der Waals surface area contributed by atoms with E-state index in [-0.39, 0.29) is 6.10 Å². The molecule has 0 aliphatic carbocycles. The van der Waals surface area contributed by atoms with Gasteiger partial charge >= 0.3 is 0 Å². The number of rotatable bonds is 8. The first kappa shape index (κ1) is 21.1. The smallest absolute Gasteiger partial charge is 0.136 e. The van der Waals surface area contributed by atoms with Crippen molar-refractivity contribution in [2.24, 2.45) is 0 Å². The van der Waals surface area contributed by atoms with E-state index in [0.29, 0.717) is 19.8 Å². The van der Waals surface area contributed by atoms with Gasteiger partial charge in [-0.1, -0.05) is 90.6 Å². The average molecular weight is 423 g/mol. The molecule has 0 amide bonds. The predicted octanol–water partition coefficient (Wildman–Crippen LogP) is 4.67. The highest BCUT2D eigenvalue weighted by Gasteiger charge is 2.41. The summed E-state index contributed by atoms with van der Waals surface area (Å²) >= 11 is 1.51. The number of hydrogen-bond donors (Lipinski definition) is 1. The SMILES string of the molecule is OC1[C@H](Sc2ccccc2)OC[C@H](OCc2ccccc2)[C@H]1OCc1ccccc1. The molecule has 1 heterocycles. The lowest BCUT2D eigenvalue weighted by Gasteiger charge is -2.39. The van der Waals surface area contributed by atoms with E-state index in [1.807, 2.05) is 91.0 Å². The lowest BCUT2D eigenvalue weighted by molar-refractivity contribution is -0.204. The van der Waals surface area contributed by atoms with Gasteiger partial charge in [-0.3, -0.25) is 0 Å². The summed E-state index contributed by atoms with van der Waals surface area (Å²) in [5.41, 5.74) is 1.73. The van der Waals surface area contributed by atoms with E-state index in [0.717, 1.165) is 16.0 Å². The highest BCUT2D eigenvalue weighted by atomic mass is 32.2. The second-order valence-corrected chi connectivity index (χ2v) is 8.39. The molecule has 1 N–H and O–H groups in total. The molecule has 1 aliphatic heterocycles. The van der Waals surface area contributed by atoms with Gasteiger partial charge in [0.1, 0.15) is 23.7 Å². The highest BCUT2D eigenvalue weighted by molar-refractivity contribution is 7.99. The summed E-state index contributed by atoms with van der Waals surface area (Å²) in [6.07, 6.45) is -1.64. The molecule has 1 unspecified atom stereocenters. The van der Waals surface area contributed by atoms with Crippen LogP contribution in [0.25, 0.3) is 0 Å². The van der Waals surface area contributed by atoms with Crippen LogP contribution in [0.15, 0.2) is 95.9 Å². The van der Waals surface area contributed by atoms with Crippen LogP contribution in [0.2, 0.25) is 0 Å². The minimum absolute atomic E-state index is 0.350. The molecule has 4 rings (SSSR count). The van der Waals surface area contributed by atoms with Crippen molar-refractivity contribution >= 4 is 11.8 Å². The number of ether oxygens (including phenoxy) is 3. The number of benzene rings is 3. The zero-order chi connectivity index (χ0) is 20.6. The molecule has 3 aromatic rings. The fourth-order valence-corrected chi connectivity index (χ4v) is 4.41. The zero-order valence-electron chi connectivity index (χ0n) is 16.7. The van der Waals surface area contributed by atoms with Gasteiger partial charge in [0, 0.05) is 4.90 Å². The third-order valence-corrected chi connectivity index (χ3v) is 6.19. The maximum absolute atomic E-state index is 11.1. The van der Waals surface area contributed by atoms with E-state index in [9.17, 15) is 5.11 Å². The summed E-state index contributed by atoms with van der Waals surface area (Å²) < 4.78 is 18.3. The number of aliphatic hydroxyl groups is 1. The van der Waals surface area contributed by atoms with Crippen LogP contribution >= 0.6 is 11.8 Å². The van der Waals surface area contributed by atoms with Crippen LogP contribution in [0, 0.1) is 0 Å². The van der Waals surface area contributed by atoms with Gasteiger partial charge in [-0.2, -0.15) is 0 Å². The van der Waals surface area contributed by atoms with Crippen LogP contribution in [0.1, 0.15) is 11.1 Å². The van der Waals surface area contributed by atoms with Crippen LogP contribution < -0.4 is 0 Å². The van der Waals surface area contributed by atoms with Crippen molar-refractivity contribution in [2.75, 3.05) is 6.61 Å². The van der Waals surface area contributed by atoms with Crippen LogP contribution in [0.4, 0.5) is 0 Å². The molecule has 0 aromatic heterocycles. The van der Waals surface area contributed by atoms with Crippen molar-refractivity contribution in [1.82, 2.24) is 0 Å². The average Bonchev–Trinajstić information content (AvgIpc) is 2.81.